The number of aryl methyl sites for hydroxylation is 1. The van der Waals surface area contributed by atoms with Crippen molar-refractivity contribution in [2.45, 2.75) is 25.9 Å². The highest BCUT2D eigenvalue weighted by Gasteiger charge is 2.19. The molecule has 0 bridgehead atoms. The number of piperidine rings is 1. The standard InChI is InChI=1S/C15H17N3O3/c1-10-9-13-12(3-2-4-14(13)18(19)20)15(17-10)21-11-5-7-16-8-6-11/h2-4,9,11,16H,5-8H2,1H3. The van der Waals surface area contributed by atoms with Gasteiger partial charge in [0.2, 0.25) is 5.88 Å². The molecule has 2 aromatic rings. The molecule has 3 rings (SSSR count). The molecule has 6 heteroatoms. The third kappa shape index (κ3) is 2.80. The van der Waals surface area contributed by atoms with Crippen LogP contribution in [0.15, 0.2) is 24.3 Å². The Kier molecular flexibility index (Phi) is 3.70. The average Bonchev–Trinajstić information content (AvgIpc) is 2.47. The van der Waals surface area contributed by atoms with Gasteiger partial charge in [0.1, 0.15) is 6.10 Å². The Hall–Kier alpha value is -2.21. The number of pyridine rings is 1. The summed E-state index contributed by atoms with van der Waals surface area (Å²) in [5, 5.41) is 15.7. The maximum atomic E-state index is 11.2. The van der Waals surface area contributed by atoms with Crippen molar-refractivity contribution in [3.63, 3.8) is 0 Å². The van der Waals surface area contributed by atoms with Crippen LogP contribution in [0.5, 0.6) is 5.88 Å². The molecule has 0 saturated carbocycles. The summed E-state index contributed by atoms with van der Waals surface area (Å²) in [6.45, 7) is 3.68. The van der Waals surface area contributed by atoms with E-state index in [0.717, 1.165) is 31.6 Å². The van der Waals surface area contributed by atoms with Gasteiger partial charge in [0, 0.05) is 11.8 Å². The SMILES string of the molecule is Cc1cc2c([N+](=O)[O-])cccc2c(OC2CCNCC2)n1. The third-order valence-electron chi connectivity index (χ3n) is 3.71. The van der Waals surface area contributed by atoms with Gasteiger partial charge >= 0.3 is 0 Å². The normalized spacial score (nSPS) is 16.0. The van der Waals surface area contributed by atoms with Crippen LogP contribution in [0.4, 0.5) is 5.69 Å². The molecule has 110 valence electrons. The molecule has 1 fully saturated rings. The van der Waals surface area contributed by atoms with E-state index in [4.69, 9.17) is 4.74 Å². The summed E-state index contributed by atoms with van der Waals surface area (Å²) in [5.74, 6) is 0.501. The van der Waals surface area contributed by atoms with E-state index < -0.39 is 0 Å². The Morgan fingerprint density at radius 3 is 2.81 bits per heavy atom. The Labute approximate surface area is 122 Å². The van der Waals surface area contributed by atoms with E-state index in [2.05, 4.69) is 10.3 Å². The smallest absolute Gasteiger partial charge is 0.277 e. The van der Waals surface area contributed by atoms with Crippen molar-refractivity contribution in [2.75, 3.05) is 13.1 Å². The Morgan fingerprint density at radius 1 is 1.33 bits per heavy atom. The van der Waals surface area contributed by atoms with Crippen molar-refractivity contribution in [3.8, 4) is 5.88 Å². The van der Waals surface area contributed by atoms with Gasteiger partial charge in [-0.15, -0.1) is 0 Å². The van der Waals surface area contributed by atoms with Gasteiger partial charge < -0.3 is 10.1 Å². The second-order valence-electron chi connectivity index (χ2n) is 5.27. The second-order valence-corrected chi connectivity index (χ2v) is 5.27. The van der Waals surface area contributed by atoms with E-state index in [-0.39, 0.29) is 16.7 Å². The fourth-order valence-electron chi connectivity index (χ4n) is 2.67. The molecule has 6 nitrogen and oxygen atoms in total. The van der Waals surface area contributed by atoms with Crippen LogP contribution in [0.1, 0.15) is 18.5 Å². The van der Waals surface area contributed by atoms with E-state index in [1.54, 1.807) is 12.1 Å². The van der Waals surface area contributed by atoms with Crippen LogP contribution >= 0.6 is 0 Å². The molecule has 21 heavy (non-hydrogen) atoms. The van der Waals surface area contributed by atoms with Gasteiger partial charge in [-0.2, -0.15) is 0 Å². The Bertz CT molecular complexity index is 681. The quantitative estimate of drug-likeness (QED) is 0.693. The summed E-state index contributed by atoms with van der Waals surface area (Å²) in [6, 6.07) is 6.75. The number of nitro benzene ring substituents is 1. The van der Waals surface area contributed by atoms with Gasteiger partial charge in [-0.1, -0.05) is 6.07 Å². The van der Waals surface area contributed by atoms with Crippen molar-refractivity contribution in [1.29, 1.82) is 0 Å². The van der Waals surface area contributed by atoms with Gasteiger partial charge in [-0.05, 0) is 45.0 Å². The molecule has 1 N–H and O–H groups in total. The molecule has 1 aromatic heterocycles. The number of rotatable bonds is 3. The maximum Gasteiger partial charge on any atom is 0.277 e. The van der Waals surface area contributed by atoms with Gasteiger partial charge in [0.15, 0.2) is 0 Å². The predicted molar refractivity (Wildman–Crippen MR) is 79.7 cm³/mol. The Balaban J connectivity index is 2.05. The highest BCUT2D eigenvalue weighted by atomic mass is 16.6. The first-order valence-electron chi connectivity index (χ1n) is 7.07. The highest BCUT2D eigenvalue weighted by Crippen LogP contribution is 2.32. The lowest BCUT2D eigenvalue weighted by molar-refractivity contribution is -0.383. The summed E-state index contributed by atoms with van der Waals surface area (Å²) in [4.78, 5) is 15.2. The number of non-ortho nitro benzene ring substituents is 1. The average molecular weight is 287 g/mol. The molecule has 0 spiro atoms. The molecule has 0 atom stereocenters. The molecule has 0 aliphatic carbocycles. The molecule has 1 aliphatic heterocycles. The number of hydrogen-bond donors (Lipinski definition) is 1. The van der Waals surface area contributed by atoms with E-state index in [0.29, 0.717) is 16.7 Å². The number of ether oxygens (including phenoxy) is 1. The summed E-state index contributed by atoms with van der Waals surface area (Å²) in [5.41, 5.74) is 0.814. The first-order chi connectivity index (χ1) is 10.1. The van der Waals surface area contributed by atoms with E-state index in [1.165, 1.54) is 6.07 Å². The number of nitrogens with zero attached hydrogens (tertiary/aromatic N) is 2. The van der Waals surface area contributed by atoms with Crippen LogP contribution in [-0.4, -0.2) is 29.1 Å². The van der Waals surface area contributed by atoms with Crippen molar-refractivity contribution < 1.29 is 9.66 Å². The first-order valence-corrected chi connectivity index (χ1v) is 7.07. The topological polar surface area (TPSA) is 77.3 Å². The van der Waals surface area contributed by atoms with Gasteiger partial charge in [-0.25, -0.2) is 4.98 Å². The number of nitro groups is 1. The van der Waals surface area contributed by atoms with Crippen molar-refractivity contribution in [1.82, 2.24) is 10.3 Å². The fraction of sp³-hybridized carbons (Fsp3) is 0.400. The lowest BCUT2D eigenvalue weighted by Gasteiger charge is -2.24. The summed E-state index contributed by atoms with van der Waals surface area (Å²) in [6.07, 6.45) is 1.96. The van der Waals surface area contributed by atoms with Crippen molar-refractivity contribution >= 4 is 16.5 Å². The molecule has 1 saturated heterocycles. The monoisotopic (exact) mass is 287 g/mol. The summed E-state index contributed by atoms with van der Waals surface area (Å²) < 4.78 is 6.01. The number of fused-ring (bicyclic) bond motifs is 1. The Morgan fingerprint density at radius 2 is 2.10 bits per heavy atom. The van der Waals surface area contributed by atoms with Gasteiger partial charge in [0.05, 0.1) is 15.7 Å². The maximum absolute atomic E-state index is 11.2. The lowest BCUT2D eigenvalue weighted by atomic mass is 10.1. The molecule has 1 aliphatic rings. The van der Waals surface area contributed by atoms with Crippen LogP contribution < -0.4 is 10.1 Å². The zero-order valence-electron chi connectivity index (χ0n) is 11.8. The molecular weight excluding hydrogens is 270 g/mol. The largest absolute Gasteiger partial charge is 0.474 e. The second kappa shape index (κ2) is 5.65. The van der Waals surface area contributed by atoms with Crippen LogP contribution in [0, 0.1) is 17.0 Å². The van der Waals surface area contributed by atoms with Crippen LogP contribution in [0.2, 0.25) is 0 Å². The number of benzene rings is 1. The van der Waals surface area contributed by atoms with Crippen molar-refractivity contribution in [2.24, 2.45) is 0 Å². The molecule has 1 aromatic carbocycles. The van der Waals surface area contributed by atoms with Crippen LogP contribution in [0.3, 0.4) is 0 Å². The minimum atomic E-state index is -0.365. The van der Waals surface area contributed by atoms with E-state index >= 15 is 0 Å². The van der Waals surface area contributed by atoms with Crippen LogP contribution in [0.25, 0.3) is 10.8 Å². The van der Waals surface area contributed by atoms with Crippen molar-refractivity contribution in [3.05, 3.63) is 40.1 Å². The third-order valence-corrected chi connectivity index (χ3v) is 3.71. The molecule has 0 radical (unpaired) electrons. The predicted octanol–water partition coefficient (Wildman–Crippen LogP) is 2.58. The minimum Gasteiger partial charge on any atom is -0.474 e. The molecule has 0 unspecified atom stereocenters. The van der Waals surface area contributed by atoms with Gasteiger partial charge in [-0.3, -0.25) is 10.1 Å². The van der Waals surface area contributed by atoms with E-state index in [1.807, 2.05) is 13.0 Å². The summed E-state index contributed by atoms with van der Waals surface area (Å²) in [7, 11) is 0. The fourth-order valence-corrected chi connectivity index (χ4v) is 2.67. The van der Waals surface area contributed by atoms with Gasteiger partial charge in [0.25, 0.3) is 5.69 Å². The lowest BCUT2D eigenvalue weighted by Crippen LogP contribution is -2.34. The van der Waals surface area contributed by atoms with Crippen LogP contribution in [-0.2, 0) is 0 Å². The zero-order chi connectivity index (χ0) is 14.8. The molecule has 0 amide bonds. The zero-order valence-corrected chi connectivity index (χ0v) is 11.8. The minimum absolute atomic E-state index is 0.0909. The molecule has 2 heterocycles. The van der Waals surface area contributed by atoms with E-state index in [9.17, 15) is 10.1 Å². The first kappa shape index (κ1) is 13.8. The highest BCUT2D eigenvalue weighted by molar-refractivity contribution is 5.94. The number of nitrogens with one attached hydrogen (secondary N) is 1. The number of hydrogen-bond acceptors (Lipinski definition) is 5. The summed E-state index contributed by atoms with van der Waals surface area (Å²) >= 11 is 0. The number of aromatic nitrogens is 1. The molecular formula is C15H17N3O3.